The quantitative estimate of drug-likeness (QED) is 0.354. The summed E-state index contributed by atoms with van der Waals surface area (Å²) in [5.74, 6) is -3.19. The van der Waals surface area contributed by atoms with E-state index in [0.717, 1.165) is 12.1 Å². The number of ketones is 1. The average Bonchev–Trinajstić information content (AvgIpc) is 3.00. The fourth-order valence-electron chi connectivity index (χ4n) is 3.42. The molecule has 1 aliphatic heterocycles. The second kappa shape index (κ2) is 7.72. The van der Waals surface area contributed by atoms with E-state index in [0.29, 0.717) is 16.3 Å². The molecule has 1 amide bonds. The molecule has 3 aromatic carbocycles. The molecule has 1 heterocycles. The van der Waals surface area contributed by atoms with Gasteiger partial charge in [-0.3, -0.25) is 14.5 Å². The molecule has 0 saturated carbocycles. The van der Waals surface area contributed by atoms with Crippen LogP contribution in [0.5, 0.6) is 0 Å². The maximum Gasteiger partial charge on any atom is 0.300 e. The molecular weight excluding hydrogens is 412 g/mol. The van der Waals surface area contributed by atoms with Crippen molar-refractivity contribution in [1.82, 2.24) is 0 Å². The number of rotatable bonds is 3. The SMILES string of the molecule is O=C1C(=O)N(c2ccc(Cl)cc2)C(c2ccc(F)cc2)/C1=C(\O)c1ccc(F)cc1. The zero-order chi connectivity index (χ0) is 21.4. The summed E-state index contributed by atoms with van der Waals surface area (Å²) < 4.78 is 26.8. The minimum absolute atomic E-state index is 0.173. The van der Waals surface area contributed by atoms with Crippen LogP contribution in [-0.4, -0.2) is 16.8 Å². The Kier molecular flexibility index (Phi) is 5.10. The minimum atomic E-state index is -1.00. The number of Topliss-reactive ketones (excluding diaryl/α,β-unsaturated/α-hetero) is 1. The first-order valence-corrected chi connectivity index (χ1v) is 9.32. The van der Waals surface area contributed by atoms with Crippen molar-refractivity contribution in [1.29, 1.82) is 0 Å². The van der Waals surface area contributed by atoms with Crippen LogP contribution in [0.15, 0.2) is 78.4 Å². The van der Waals surface area contributed by atoms with Gasteiger partial charge in [-0.25, -0.2) is 8.78 Å². The molecule has 0 spiro atoms. The maximum absolute atomic E-state index is 13.5. The van der Waals surface area contributed by atoms with Crippen LogP contribution in [0.3, 0.4) is 0 Å². The van der Waals surface area contributed by atoms with Crippen molar-refractivity contribution in [3.63, 3.8) is 0 Å². The molecule has 1 atom stereocenters. The lowest BCUT2D eigenvalue weighted by molar-refractivity contribution is -0.132. The Labute approximate surface area is 175 Å². The highest BCUT2D eigenvalue weighted by atomic mass is 35.5. The average molecular weight is 426 g/mol. The van der Waals surface area contributed by atoms with Crippen LogP contribution < -0.4 is 4.90 Å². The summed E-state index contributed by atoms with van der Waals surface area (Å²) in [6.07, 6.45) is 0. The van der Waals surface area contributed by atoms with Crippen molar-refractivity contribution in [2.75, 3.05) is 4.90 Å². The number of benzene rings is 3. The van der Waals surface area contributed by atoms with Crippen molar-refractivity contribution in [2.45, 2.75) is 6.04 Å². The predicted octanol–water partition coefficient (Wildman–Crippen LogP) is 5.24. The van der Waals surface area contributed by atoms with E-state index >= 15 is 0 Å². The Morgan fingerprint density at radius 1 is 0.833 bits per heavy atom. The minimum Gasteiger partial charge on any atom is -0.507 e. The van der Waals surface area contributed by atoms with E-state index in [-0.39, 0.29) is 11.1 Å². The summed E-state index contributed by atoms with van der Waals surface area (Å²) in [4.78, 5) is 27.0. The van der Waals surface area contributed by atoms with Crippen molar-refractivity contribution < 1.29 is 23.5 Å². The Hall–Kier alpha value is -3.51. The van der Waals surface area contributed by atoms with Gasteiger partial charge in [-0.15, -0.1) is 0 Å². The predicted molar refractivity (Wildman–Crippen MR) is 109 cm³/mol. The summed E-state index contributed by atoms with van der Waals surface area (Å²) in [7, 11) is 0. The fourth-order valence-corrected chi connectivity index (χ4v) is 3.55. The van der Waals surface area contributed by atoms with Gasteiger partial charge in [-0.2, -0.15) is 0 Å². The van der Waals surface area contributed by atoms with Gasteiger partial charge in [0, 0.05) is 16.3 Å². The number of anilines is 1. The van der Waals surface area contributed by atoms with Crippen molar-refractivity contribution in [2.24, 2.45) is 0 Å². The number of hydrogen-bond acceptors (Lipinski definition) is 3. The third-order valence-electron chi connectivity index (χ3n) is 4.85. The number of hydrogen-bond donors (Lipinski definition) is 1. The molecule has 1 fully saturated rings. The number of aliphatic hydroxyl groups is 1. The monoisotopic (exact) mass is 425 g/mol. The maximum atomic E-state index is 13.5. The highest BCUT2D eigenvalue weighted by Crippen LogP contribution is 2.42. The summed E-state index contributed by atoms with van der Waals surface area (Å²) in [5, 5.41) is 11.3. The molecule has 4 rings (SSSR count). The van der Waals surface area contributed by atoms with E-state index in [4.69, 9.17) is 11.6 Å². The molecule has 0 aromatic heterocycles. The standard InChI is InChI=1S/C23H14ClF2NO3/c24-15-5-11-18(12-6-15)27-20(13-1-7-16(25)8-2-13)19(22(29)23(27)30)21(28)14-3-9-17(26)10-4-14/h1-12,20,28H/b21-19+. The lowest BCUT2D eigenvalue weighted by atomic mass is 9.95. The summed E-state index contributed by atoms with van der Waals surface area (Å²) in [6, 6.07) is 15.4. The second-order valence-corrected chi connectivity index (χ2v) is 7.14. The van der Waals surface area contributed by atoms with Crippen LogP contribution in [0, 0.1) is 11.6 Å². The molecule has 1 aliphatic rings. The molecule has 1 N–H and O–H groups in total. The highest BCUT2D eigenvalue weighted by molar-refractivity contribution is 6.51. The van der Waals surface area contributed by atoms with Gasteiger partial charge >= 0.3 is 0 Å². The van der Waals surface area contributed by atoms with Gasteiger partial charge in [0.15, 0.2) is 0 Å². The highest BCUT2D eigenvalue weighted by Gasteiger charge is 2.46. The van der Waals surface area contributed by atoms with Gasteiger partial charge in [0.25, 0.3) is 11.7 Å². The second-order valence-electron chi connectivity index (χ2n) is 6.70. The zero-order valence-corrected chi connectivity index (χ0v) is 16.1. The largest absolute Gasteiger partial charge is 0.507 e. The molecule has 0 aliphatic carbocycles. The number of aliphatic hydroxyl groups excluding tert-OH is 1. The van der Waals surface area contributed by atoms with Crippen molar-refractivity contribution in [3.8, 4) is 0 Å². The van der Waals surface area contributed by atoms with E-state index in [1.54, 1.807) is 24.3 Å². The molecular formula is C23H14ClF2NO3. The van der Waals surface area contributed by atoms with Crippen molar-refractivity contribution >= 4 is 34.7 Å². The first-order valence-electron chi connectivity index (χ1n) is 8.95. The molecule has 4 nitrogen and oxygen atoms in total. The molecule has 7 heteroatoms. The fraction of sp³-hybridized carbons (Fsp3) is 0.0435. The number of amides is 1. The number of carbonyl (C=O) groups is 2. The first kappa shape index (κ1) is 19.8. The molecule has 30 heavy (non-hydrogen) atoms. The normalized spacial score (nSPS) is 18.1. The van der Waals surface area contributed by atoms with Gasteiger partial charge in [-0.05, 0) is 66.2 Å². The molecule has 1 unspecified atom stereocenters. The lowest BCUT2D eigenvalue weighted by Gasteiger charge is -2.25. The van der Waals surface area contributed by atoms with Crippen LogP contribution in [0.25, 0.3) is 5.76 Å². The molecule has 0 bridgehead atoms. The Morgan fingerprint density at radius 3 is 1.93 bits per heavy atom. The van der Waals surface area contributed by atoms with Crippen LogP contribution in [-0.2, 0) is 9.59 Å². The van der Waals surface area contributed by atoms with Crippen LogP contribution in [0.1, 0.15) is 17.2 Å². The first-order chi connectivity index (χ1) is 14.4. The van der Waals surface area contributed by atoms with Gasteiger partial charge in [0.2, 0.25) is 0 Å². The Bertz CT molecular complexity index is 1160. The topological polar surface area (TPSA) is 57.6 Å². The van der Waals surface area contributed by atoms with E-state index < -0.39 is 35.1 Å². The molecule has 3 aromatic rings. The lowest BCUT2D eigenvalue weighted by Crippen LogP contribution is -2.29. The molecule has 0 radical (unpaired) electrons. The van der Waals surface area contributed by atoms with E-state index in [9.17, 15) is 23.5 Å². The summed E-state index contributed by atoms with van der Waals surface area (Å²) in [6.45, 7) is 0. The molecule has 1 saturated heterocycles. The Balaban J connectivity index is 1.93. The van der Waals surface area contributed by atoms with E-state index in [1.807, 2.05) is 0 Å². The molecule has 150 valence electrons. The number of halogens is 3. The number of nitrogens with zero attached hydrogens (tertiary/aromatic N) is 1. The smallest absolute Gasteiger partial charge is 0.300 e. The van der Waals surface area contributed by atoms with Crippen molar-refractivity contribution in [3.05, 3.63) is 106 Å². The Morgan fingerprint density at radius 2 is 1.37 bits per heavy atom. The van der Waals surface area contributed by atoms with Gasteiger partial charge < -0.3 is 5.11 Å². The van der Waals surface area contributed by atoms with Crippen LogP contribution in [0.2, 0.25) is 5.02 Å². The van der Waals surface area contributed by atoms with Gasteiger partial charge in [0.05, 0.1) is 11.6 Å². The van der Waals surface area contributed by atoms with Gasteiger partial charge in [-0.1, -0.05) is 23.7 Å². The summed E-state index contributed by atoms with van der Waals surface area (Å²) in [5.41, 5.74) is 0.814. The summed E-state index contributed by atoms with van der Waals surface area (Å²) >= 11 is 5.93. The third-order valence-corrected chi connectivity index (χ3v) is 5.10. The zero-order valence-electron chi connectivity index (χ0n) is 15.4. The van der Waals surface area contributed by atoms with E-state index in [2.05, 4.69) is 0 Å². The van der Waals surface area contributed by atoms with E-state index in [1.165, 1.54) is 41.3 Å². The van der Waals surface area contributed by atoms with Gasteiger partial charge in [0.1, 0.15) is 17.4 Å². The number of carbonyl (C=O) groups excluding carboxylic acids is 2. The third kappa shape index (κ3) is 3.46. The van der Waals surface area contributed by atoms with Crippen LogP contribution >= 0.6 is 11.6 Å². The van der Waals surface area contributed by atoms with Crippen LogP contribution in [0.4, 0.5) is 14.5 Å².